The summed E-state index contributed by atoms with van der Waals surface area (Å²) in [5, 5.41) is 7.36. The minimum Gasteiger partial charge on any atom is -0.439 e. The number of aromatic nitrogens is 1. The molecular weight excluding hydrogens is 240 g/mol. The normalized spacial score (nSPS) is 10.0. The highest BCUT2D eigenvalue weighted by molar-refractivity contribution is 5.93. The molecule has 1 aromatic carbocycles. The predicted octanol–water partition coefficient (Wildman–Crippen LogP) is 2.22. The molecule has 0 aliphatic carbocycles. The van der Waals surface area contributed by atoms with E-state index in [1.165, 1.54) is 0 Å². The molecule has 19 heavy (non-hydrogen) atoms. The van der Waals surface area contributed by atoms with Crippen LogP contribution in [0.25, 0.3) is 0 Å². The van der Waals surface area contributed by atoms with Crippen LogP contribution in [0.1, 0.15) is 5.69 Å². The molecule has 0 aliphatic heterocycles. The van der Waals surface area contributed by atoms with Crippen LogP contribution >= 0.6 is 0 Å². The molecule has 5 heteroatoms. The first-order chi connectivity index (χ1) is 9.06. The summed E-state index contributed by atoms with van der Waals surface area (Å²) < 4.78 is 5.67. The molecule has 98 valence electrons. The van der Waals surface area contributed by atoms with E-state index in [0.717, 1.165) is 5.69 Å². The van der Waals surface area contributed by atoms with Crippen molar-refractivity contribution >= 4 is 11.5 Å². The maximum absolute atomic E-state index is 7.36. The monoisotopic (exact) mass is 256 g/mol. The van der Waals surface area contributed by atoms with E-state index < -0.39 is 0 Å². The number of benzene rings is 1. The highest BCUT2D eigenvalue weighted by Crippen LogP contribution is 2.23. The fourth-order valence-corrected chi connectivity index (χ4v) is 1.57. The van der Waals surface area contributed by atoms with Gasteiger partial charge in [0.05, 0.1) is 0 Å². The Balaban J connectivity index is 2.23. The number of nitrogens with two attached hydrogens (primary N) is 1. The minimum atomic E-state index is -0.0764. The first-order valence-electron chi connectivity index (χ1n) is 5.83. The Hall–Kier alpha value is -2.56. The van der Waals surface area contributed by atoms with Crippen molar-refractivity contribution in [2.24, 2.45) is 5.73 Å². The van der Waals surface area contributed by atoms with Gasteiger partial charge >= 0.3 is 0 Å². The zero-order valence-corrected chi connectivity index (χ0v) is 10.9. The maximum Gasteiger partial charge on any atom is 0.219 e. The second kappa shape index (κ2) is 5.39. The SMILES string of the molecule is CN(C)c1cccc(Oc2cccc(C(=N)N)n2)c1. The predicted molar refractivity (Wildman–Crippen MR) is 76.1 cm³/mol. The van der Waals surface area contributed by atoms with E-state index in [1.54, 1.807) is 18.2 Å². The summed E-state index contributed by atoms with van der Waals surface area (Å²) in [5.74, 6) is 1.04. The molecule has 0 fully saturated rings. The lowest BCUT2D eigenvalue weighted by Crippen LogP contribution is -2.13. The fourth-order valence-electron chi connectivity index (χ4n) is 1.57. The first-order valence-corrected chi connectivity index (χ1v) is 5.83. The third-order valence-electron chi connectivity index (χ3n) is 2.56. The molecule has 0 atom stereocenters. The molecule has 3 N–H and O–H groups in total. The first kappa shape index (κ1) is 12.9. The molecule has 5 nitrogen and oxygen atoms in total. The average Bonchev–Trinajstić information content (AvgIpc) is 2.39. The zero-order chi connectivity index (χ0) is 13.8. The third-order valence-corrected chi connectivity index (χ3v) is 2.56. The van der Waals surface area contributed by atoms with Crippen LogP contribution in [0.2, 0.25) is 0 Å². The van der Waals surface area contributed by atoms with Gasteiger partial charge in [0, 0.05) is 31.9 Å². The van der Waals surface area contributed by atoms with Crippen molar-refractivity contribution in [2.75, 3.05) is 19.0 Å². The summed E-state index contributed by atoms with van der Waals surface area (Å²) >= 11 is 0. The van der Waals surface area contributed by atoms with Crippen LogP contribution < -0.4 is 15.4 Å². The van der Waals surface area contributed by atoms with Gasteiger partial charge < -0.3 is 15.4 Å². The Labute approximate surface area is 112 Å². The maximum atomic E-state index is 7.36. The molecule has 0 radical (unpaired) electrons. The summed E-state index contributed by atoms with van der Waals surface area (Å²) in [6.45, 7) is 0. The summed E-state index contributed by atoms with van der Waals surface area (Å²) in [6, 6.07) is 12.8. The number of nitrogens with zero attached hydrogens (tertiary/aromatic N) is 2. The second-order valence-corrected chi connectivity index (χ2v) is 4.27. The van der Waals surface area contributed by atoms with E-state index in [1.807, 2.05) is 43.3 Å². The number of rotatable bonds is 4. The smallest absolute Gasteiger partial charge is 0.219 e. The number of pyridine rings is 1. The lowest BCUT2D eigenvalue weighted by Gasteiger charge is -2.13. The van der Waals surface area contributed by atoms with Crippen LogP contribution in [0, 0.1) is 5.41 Å². The fraction of sp³-hybridized carbons (Fsp3) is 0.143. The van der Waals surface area contributed by atoms with E-state index >= 15 is 0 Å². The molecule has 0 saturated heterocycles. The number of hydrogen-bond acceptors (Lipinski definition) is 4. The second-order valence-electron chi connectivity index (χ2n) is 4.27. The summed E-state index contributed by atoms with van der Waals surface area (Å²) in [4.78, 5) is 6.15. The Morgan fingerprint density at radius 3 is 2.63 bits per heavy atom. The number of ether oxygens (including phenoxy) is 1. The number of anilines is 1. The van der Waals surface area contributed by atoms with Crippen molar-refractivity contribution in [1.29, 1.82) is 5.41 Å². The van der Waals surface area contributed by atoms with Gasteiger partial charge in [0.2, 0.25) is 5.88 Å². The van der Waals surface area contributed by atoms with Gasteiger partial charge in [0.25, 0.3) is 0 Å². The summed E-state index contributed by atoms with van der Waals surface area (Å²) in [5.41, 5.74) is 6.84. The van der Waals surface area contributed by atoms with Crippen molar-refractivity contribution in [3.63, 3.8) is 0 Å². The Bertz CT molecular complexity index is 596. The molecule has 0 bridgehead atoms. The molecule has 1 aromatic heterocycles. The number of nitrogens with one attached hydrogen (secondary N) is 1. The highest BCUT2D eigenvalue weighted by Gasteiger charge is 2.04. The van der Waals surface area contributed by atoms with Gasteiger partial charge in [-0.2, -0.15) is 0 Å². The summed E-state index contributed by atoms with van der Waals surface area (Å²) in [6.07, 6.45) is 0. The number of amidine groups is 1. The van der Waals surface area contributed by atoms with Crippen molar-refractivity contribution in [3.05, 3.63) is 48.2 Å². The van der Waals surface area contributed by atoms with E-state index in [2.05, 4.69) is 4.98 Å². The van der Waals surface area contributed by atoms with Gasteiger partial charge in [-0.1, -0.05) is 12.1 Å². The quantitative estimate of drug-likeness (QED) is 0.649. The van der Waals surface area contributed by atoms with Gasteiger partial charge in [0.1, 0.15) is 17.3 Å². The molecule has 0 saturated carbocycles. The molecule has 0 unspecified atom stereocenters. The van der Waals surface area contributed by atoms with Gasteiger partial charge in [0.15, 0.2) is 0 Å². The topological polar surface area (TPSA) is 75.2 Å². The van der Waals surface area contributed by atoms with Crippen LogP contribution in [-0.4, -0.2) is 24.9 Å². The minimum absolute atomic E-state index is 0.0764. The molecule has 2 aromatic rings. The van der Waals surface area contributed by atoms with Gasteiger partial charge in [-0.3, -0.25) is 5.41 Å². The lowest BCUT2D eigenvalue weighted by atomic mass is 10.3. The molecule has 2 rings (SSSR count). The molecule has 0 amide bonds. The largest absolute Gasteiger partial charge is 0.439 e. The van der Waals surface area contributed by atoms with Crippen LogP contribution in [0.15, 0.2) is 42.5 Å². The average molecular weight is 256 g/mol. The van der Waals surface area contributed by atoms with E-state index in [9.17, 15) is 0 Å². The van der Waals surface area contributed by atoms with Gasteiger partial charge in [-0.25, -0.2) is 4.98 Å². The van der Waals surface area contributed by atoms with Crippen LogP contribution in [0.5, 0.6) is 11.6 Å². The van der Waals surface area contributed by atoms with Crippen molar-refractivity contribution in [1.82, 2.24) is 4.98 Å². The molecular formula is C14H16N4O. The van der Waals surface area contributed by atoms with Crippen molar-refractivity contribution < 1.29 is 4.74 Å². The van der Waals surface area contributed by atoms with Crippen LogP contribution in [0.3, 0.4) is 0 Å². The molecule has 0 aliphatic rings. The number of hydrogen-bond donors (Lipinski definition) is 2. The lowest BCUT2D eigenvalue weighted by molar-refractivity contribution is 0.462. The standard InChI is InChI=1S/C14H16N4O/c1-18(2)10-5-3-6-11(9-10)19-13-8-4-7-12(17-13)14(15)16/h3-9H,1-2H3,(H3,15,16). The number of nitrogen functional groups attached to an aromatic ring is 1. The van der Waals surface area contributed by atoms with Crippen molar-refractivity contribution in [3.8, 4) is 11.6 Å². The molecule has 0 spiro atoms. The van der Waals surface area contributed by atoms with Crippen LogP contribution in [0.4, 0.5) is 5.69 Å². The van der Waals surface area contributed by atoms with E-state index in [4.69, 9.17) is 15.9 Å². The zero-order valence-electron chi connectivity index (χ0n) is 10.9. The van der Waals surface area contributed by atoms with Gasteiger partial charge in [-0.05, 0) is 18.2 Å². The van der Waals surface area contributed by atoms with Crippen LogP contribution in [-0.2, 0) is 0 Å². The molecule has 1 heterocycles. The Morgan fingerprint density at radius 2 is 1.95 bits per heavy atom. The Morgan fingerprint density at radius 1 is 1.21 bits per heavy atom. The highest BCUT2D eigenvalue weighted by atomic mass is 16.5. The Kier molecular flexibility index (Phi) is 3.66. The summed E-state index contributed by atoms with van der Waals surface area (Å²) in [7, 11) is 3.93. The third kappa shape index (κ3) is 3.22. The van der Waals surface area contributed by atoms with E-state index in [0.29, 0.717) is 17.3 Å². The van der Waals surface area contributed by atoms with Gasteiger partial charge in [-0.15, -0.1) is 0 Å². The van der Waals surface area contributed by atoms with Crippen molar-refractivity contribution in [2.45, 2.75) is 0 Å². The van der Waals surface area contributed by atoms with E-state index in [-0.39, 0.29) is 5.84 Å².